The summed E-state index contributed by atoms with van der Waals surface area (Å²) in [5.74, 6) is 0.757. The lowest BCUT2D eigenvalue weighted by molar-refractivity contribution is 0.161. The maximum absolute atomic E-state index is 9.80. The Morgan fingerprint density at radius 2 is 2.36 bits per heavy atom. The molecule has 14 heavy (non-hydrogen) atoms. The van der Waals surface area contributed by atoms with Gasteiger partial charge < -0.3 is 15.0 Å². The first kappa shape index (κ1) is 11.2. The number of likely N-dealkylation sites (N-methyl/N-ethyl adjacent to an activating group) is 1. The molecule has 1 aromatic heterocycles. The van der Waals surface area contributed by atoms with Crippen LogP contribution in [0.25, 0.3) is 0 Å². The van der Waals surface area contributed by atoms with E-state index in [1.54, 1.807) is 6.20 Å². The number of nitrogens with one attached hydrogen (secondary N) is 1. The van der Waals surface area contributed by atoms with E-state index in [0.717, 1.165) is 25.3 Å². The highest BCUT2D eigenvalue weighted by molar-refractivity contribution is 4.97. The fourth-order valence-electron chi connectivity index (χ4n) is 1.42. The van der Waals surface area contributed by atoms with Gasteiger partial charge in [-0.2, -0.15) is 0 Å². The fourth-order valence-corrected chi connectivity index (χ4v) is 1.42. The molecule has 1 aromatic rings. The lowest BCUT2D eigenvalue weighted by Crippen LogP contribution is -2.23. The molecule has 0 bridgehead atoms. The van der Waals surface area contributed by atoms with Crippen LogP contribution < -0.4 is 5.32 Å². The number of aromatic nitrogens is 2. The summed E-state index contributed by atoms with van der Waals surface area (Å²) in [7, 11) is 0. The van der Waals surface area contributed by atoms with Crippen molar-refractivity contribution in [2.24, 2.45) is 0 Å². The second-order valence-corrected chi connectivity index (χ2v) is 3.30. The molecule has 1 heterocycles. The normalized spacial score (nSPS) is 13.1. The maximum Gasteiger partial charge on any atom is 0.138 e. The van der Waals surface area contributed by atoms with Gasteiger partial charge >= 0.3 is 0 Å². The summed E-state index contributed by atoms with van der Waals surface area (Å²) in [6, 6.07) is 0. The first-order valence-electron chi connectivity index (χ1n) is 5.19. The van der Waals surface area contributed by atoms with E-state index in [-0.39, 0.29) is 0 Å². The zero-order chi connectivity index (χ0) is 10.4. The molecule has 0 spiro atoms. The minimum atomic E-state index is -0.503. The summed E-state index contributed by atoms with van der Waals surface area (Å²) in [4.78, 5) is 4.16. The Balaban J connectivity index is 2.58. The van der Waals surface area contributed by atoms with Gasteiger partial charge in [-0.25, -0.2) is 4.98 Å². The largest absolute Gasteiger partial charge is 0.384 e. The molecule has 0 radical (unpaired) electrons. The Kier molecular flexibility index (Phi) is 4.62. The van der Waals surface area contributed by atoms with E-state index < -0.39 is 6.10 Å². The zero-order valence-corrected chi connectivity index (χ0v) is 8.90. The molecule has 0 aliphatic rings. The van der Waals surface area contributed by atoms with Gasteiger partial charge in [0.05, 0.1) is 0 Å². The van der Waals surface area contributed by atoms with Crippen LogP contribution in [-0.4, -0.2) is 27.7 Å². The minimum absolute atomic E-state index is 0.503. The molecule has 4 nitrogen and oxygen atoms in total. The third kappa shape index (κ3) is 2.82. The molecule has 1 atom stereocenters. The second-order valence-electron chi connectivity index (χ2n) is 3.30. The Hall–Kier alpha value is -0.870. The highest BCUT2D eigenvalue weighted by atomic mass is 16.3. The number of aliphatic hydroxyl groups is 1. The van der Waals surface area contributed by atoms with E-state index in [4.69, 9.17) is 0 Å². The van der Waals surface area contributed by atoms with Crippen molar-refractivity contribution in [1.82, 2.24) is 14.9 Å². The maximum atomic E-state index is 9.80. The fraction of sp³-hybridized carbons (Fsp3) is 0.700. The van der Waals surface area contributed by atoms with Crippen molar-refractivity contribution in [1.29, 1.82) is 0 Å². The van der Waals surface area contributed by atoms with Crippen LogP contribution in [0.15, 0.2) is 12.4 Å². The Labute approximate surface area is 85.0 Å². The Morgan fingerprint density at radius 1 is 1.57 bits per heavy atom. The predicted octanol–water partition coefficient (Wildman–Crippen LogP) is 0.936. The molecule has 0 amide bonds. The minimum Gasteiger partial charge on any atom is -0.384 e. The molecular formula is C10H19N3O. The van der Waals surface area contributed by atoms with Crippen molar-refractivity contribution < 1.29 is 5.11 Å². The smallest absolute Gasteiger partial charge is 0.138 e. The van der Waals surface area contributed by atoms with Crippen molar-refractivity contribution in [3.05, 3.63) is 18.2 Å². The van der Waals surface area contributed by atoms with Crippen LogP contribution in [0.2, 0.25) is 0 Å². The third-order valence-corrected chi connectivity index (χ3v) is 2.10. The van der Waals surface area contributed by atoms with Crippen LogP contribution in [0, 0.1) is 0 Å². The monoisotopic (exact) mass is 197 g/mol. The highest BCUT2D eigenvalue weighted by Crippen LogP contribution is 2.09. The topological polar surface area (TPSA) is 50.1 Å². The van der Waals surface area contributed by atoms with Gasteiger partial charge in [0, 0.05) is 25.5 Å². The van der Waals surface area contributed by atoms with Crippen molar-refractivity contribution in [3.63, 3.8) is 0 Å². The molecule has 0 fully saturated rings. The van der Waals surface area contributed by atoms with Gasteiger partial charge in [-0.3, -0.25) is 0 Å². The average molecular weight is 197 g/mol. The highest BCUT2D eigenvalue weighted by Gasteiger charge is 2.12. The van der Waals surface area contributed by atoms with Gasteiger partial charge in [-0.05, 0) is 13.0 Å². The molecule has 4 heteroatoms. The SMILES string of the molecule is CCCn1ccnc1C(O)CNCC. The summed E-state index contributed by atoms with van der Waals surface area (Å²) in [5.41, 5.74) is 0. The van der Waals surface area contributed by atoms with Crippen LogP contribution in [0.4, 0.5) is 0 Å². The lowest BCUT2D eigenvalue weighted by Gasteiger charge is -2.12. The lowest BCUT2D eigenvalue weighted by atomic mass is 10.3. The van der Waals surface area contributed by atoms with Gasteiger partial charge in [0.25, 0.3) is 0 Å². The molecule has 2 N–H and O–H groups in total. The van der Waals surface area contributed by atoms with Gasteiger partial charge in [0.1, 0.15) is 11.9 Å². The van der Waals surface area contributed by atoms with Crippen molar-refractivity contribution in [2.75, 3.05) is 13.1 Å². The van der Waals surface area contributed by atoms with Crippen LogP contribution in [0.3, 0.4) is 0 Å². The van der Waals surface area contributed by atoms with E-state index in [1.165, 1.54) is 0 Å². The second kappa shape index (κ2) is 5.78. The summed E-state index contributed by atoms with van der Waals surface area (Å²) in [5, 5.41) is 12.9. The first-order chi connectivity index (χ1) is 6.79. The Bertz CT molecular complexity index is 260. The van der Waals surface area contributed by atoms with E-state index in [1.807, 2.05) is 17.7 Å². The van der Waals surface area contributed by atoms with Crippen LogP contribution in [0.1, 0.15) is 32.2 Å². The quantitative estimate of drug-likeness (QED) is 0.713. The average Bonchev–Trinajstić information content (AvgIpc) is 2.63. The molecule has 1 rings (SSSR count). The number of hydrogen-bond acceptors (Lipinski definition) is 3. The summed E-state index contributed by atoms with van der Waals surface area (Å²) < 4.78 is 2.00. The van der Waals surface area contributed by atoms with Crippen molar-refractivity contribution in [2.45, 2.75) is 32.9 Å². The molecule has 0 aromatic carbocycles. The summed E-state index contributed by atoms with van der Waals surface area (Å²) in [6.07, 6.45) is 4.20. The molecule has 80 valence electrons. The number of rotatable bonds is 6. The van der Waals surface area contributed by atoms with Crippen molar-refractivity contribution >= 4 is 0 Å². The van der Waals surface area contributed by atoms with Gasteiger partial charge in [-0.1, -0.05) is 13.8 Å². The molecule has 1 unspecified atom stereocenters. The third-order valence-electron chi connectivity index (χ3n) is 2.10. The molecule has 0 aliphatic carbocycles. The molecule has 0 aliphatic heterocycles. The van der Waals surface area contributed by atoms with Crippen LogP contribution in [0.5, 0.6) is 0 Å². The first-order valence-corrected chi connectivity index (χ1v) is 5.19. The molecule has 0 saturated heterocycles. The van der Waals surface area contributed by atoms with Gasteiger partial charge in [0.2, 0.25) is 0 Å². The molecular weight excluding hydrogens is 178 g/mol. The van der Waals surface area contributed by atoms with Crippen molar-refractivity contribution in [3.8, 4) is 0 Å². The number of aryl methyl sites for hydroxylation is 1. The standard InChI is InChI=1S/C10H19N3O/c1-3-6-13-7-5-12-10(13)9(14)8-11-4-2/h5,7,9,11,14H,3-4,6,8H2,1-2H3. The van der Waals surface area contributed by atoms with Gasteiger partial charge in [0.15, 0.2) is 0 Å². The van der Waals surface area contributed by atoms with E-state index in [9.17, 15) is 5.11 Å². The predicted molar refractivity (Wildman–Crippen MR) is 56.0 cm³/mol. The van der Waals surface area contributed by atoms with Gasteiger partial charge in [-0.15, -0.1) is 0 Å². The van der Waals surface area contributed by atoms with Crippen LogP contribution in [-0.2, 0) is 6.54 Å². The number of aliphatic hydroxyl groups excluding tert-OH is 1. The van der Waals surface area contributed by atoms with Crippen LogP contribution >= 0.6 is 0 Å². The van der Waals surface area contributed by atoms with E-state index in [0.29, 0.717) is 6.54 Å². The van der Waals surface area contributed by atoms with E-state index in [2.05, 4.69) is 17.2 Å². The summed E-state index contributed by atoms with van der Waals surface area (Å²) in [6.45, 7) is 6.48. The number of hydrogen-bond donors (Lipinski definition) is 2. The number of imidazole rings is 1. The number of nitrogens with zero attached hydrogens (tertiary/aromatic N) is 2. The summed E-state index contributed by atoms with van der Waals surface area (Å²) >= 11 is 0. The molecule has 0 saturated carbocycles. The Morgan fingerprint density at radius 3 is 3.00 bits per heavy atom. The van der Waals surface area contributed by atoms with E-state index >= 15 is 0 Å². The zero-order valence-electron chi connectivity index (χ0n) is 8.90.